The Kier molecular flexibility index (Phi) is 3.22. The van der Waals surface area contributed by atoms with Crippen molar-refractivity contribution in [2.45, 2.75) is 19.9 Å². The van der Waals surface area contributed by atoms with E-state index >= 15 is 0 Å². The average molecular weight is 280 g/mol. The third-order valence-electron chi connectivity index (χ3n) is 3.76. The molecule has 0 radical (unpaired) electrons. The van der Waals surface area contributed by atoms with Crippen molar-refractivity contribution < 1.29 is 9.59 Å². The number of primary amides is 1. The Morgan fingerprint density at radius 2 is 1.90 bits per heavy atom. The molecule has 1 aliphatic rings. The minimum Gasteiger partial charge on any atom is -0.366 e. The van der Waals surface area contributed by atoms with E-state index in [1.165, 1.54) is 5.56 Å². The summed E-state index contributed by atoms with van der Waals surface area (Å²) in [7, 11) is 0. The molecule has 0 spiro atoms. The molecule has 0 unspecified atom stereocenters. The van der Waals surface area contributed by atoms with E-state index in [0.29, 0.717) is 18.5 Å². The Labute approximate surface area is 123 Å². The molecule has 0 saturated carbocycles. The van der Waals surface area contributed by atoms with Crippen LogP contribution in [0.2, 0.25) is 0 Å². The quantitative estimate of drug-likeness (QED) is 0.936. The van der Waals surface area contributed by atoms with Crippen LogP contribution in [0.25, 0.3) is 0 Å². The van der Waals surface area contributed by atoms with Crippen LogP contribution < -0.4 is 10.6 Å². The molecule has 1 aliphatic heterocycles. The smallest absolute Gasteiger partial charge is 0.248 e. The molecular weight excluding hydrogens is 264 g/mol. The minimum atomic E-state index is -0.479. The van der Waals surface area contributed by atoms with E-state index in [-0.39, 0.29) is 5.91 Å². The second kappa shape index (κ2) is 5.05. The third-order valence-corrected chi connectivity index (χ3v) is 3.76. The van der Waals surface area contributed by atoms with Crippen molar-refractivity contribution in [2.24, 2.45) is 5.73 Å². The number of hydrogen-bond donors (Lipinski definition) is 1. The number of aryl methyl sites for hydroxylation is 1. The van der Waals surface area contributed by atoms with Gasteiger partial charge in [0.25, 0.3) is 0 Å². The molecule has 0 bridgehead atoms. The number of fused-ring (bicyclic) bond motifs is 1. The first-order chi connectivity index (χ1) is 10.0. The van der Waals surface area contributed by atoms with Crippen LogP contribution in [0.15, 0.2) is 42.5 Å². The Bertz CT molecular complexity index is 720. The maximum absolute atomic E-state index is 12.2. The maximum Gasteiger partial charge on any atom is 0.248 e. The van der Waals surface area contributed by atoms with Crippen LogP contribution in [0.1, 0.15) is 27.0 Å². The Morgan fingerprint density at radius 1 is 1.19 bits per heavy atom. The van der Waals surface area contributed by atoms with Gasteiger partial charge in [-0.05, 0) is 30.2 Å². The number of nitrogens with two attached hydrogens (primary N) is 1. The van der Waals surface area contributed by atoms with Gasteiger partial charge in [-0.1, -0.05) is 35.9 Å². The lowest BCUT2D eigenvalue weighted by atomic mass is 10.1. The molecule has 0 atom stereocenters. The zero-order valence-electron chi connectivity index (χ0n) is 11.8. The molecular formula is C17H16N2O2. The second-order valence-electron chi connectivity index (χ2n) is 5.35. The van der Waals surface area contributed by atoms with Crippen molar-refractivity contribution in [3.8, 4) is 0 Å². The number of carbonyl (C=O) groups excluding carboxylic acids is 2. The van der Waals surface area contributed by atoms with Gasteiger partial charge in [-0.25, -0.2) is 0 Å². The van der Waals surface area contributed by atoms with Gasteiger partial charge in [0, 0.05) is 11.3 Å². The number of carbonyl (C=O) groups is 2. The van der Waals surface area contributed by atoms with Crippen LogP contribution in [0.5, 0.6) is 0 Å². The standard InChI is InChI=1S/C17H16N2O2/c1-11-2-4-12(5-3-11)10-19-15-8-14(17(18)21)7-6-13(15)9-16(19)20/h2-8H,9-10H2,1H3,(H2,18,21). The van der Waals surface area contributed by atoms with E-state index in [9.17, 15) is 9.59 Å². The number of rotatable bonds is 3. The van der Waals surface area contributed by atoms with Gasteiger partial charge in [0.05, 0.1) is 13.0 Å². The summed E-state index contributed by atoms with van der Waals surface area (Å²) in [5, 5.41) is 0. The van der Waals surface area contributed by atoms with Crippen molar-refractivity contribution in [3.63, 3.8) is 0 Å². The average Bonchev–Trinajstić information content (AvgIpc) is 2.77. The van der Waals surface area contributed by atoms with E-state index in [0.717, 1.165) is 16.8 Å². The van der Waals surface area contributed by atoms with Crippen molar-refractivity contribution >= 4 is 17.5 Å². The highest BCUT2D eigenvalue weighted by molar-refractivity contribution is 6.03. The van der Waals surface area contributed by atoms with Gasteiger partial charge >= 0.3 is 0 Å². The van der Waals surface area contributed by atoms with E-state index in [1.54, 1.807) is 17.0 Å². The summed E-state index contributed by atoms with van der Waals surface area (Å²) in [5.74, 6) is -0.431. The van der Waals surface area contributed by atoms with Crippen molar-refractivity contribution in [1.82, 2.24) is 0 Å². The molecule has 2 aromatic carbocycles. The fourth-order valence-electron chi connectivity index (χ4n) is 2.56. The van der Waals surface area contributed by atoms with Crippen LogP contribution in [-0.4, -0.2) is 11.8 Å². The lowest BCUT2D eigenvalue weighted by Crippen LogP contribution is -2.26. The fourth-order valence-corrected chi connectivity index (χ4v) is 2.56. The van der Waals surface area contributed by atoms with E-state index in [2.05, 4.69) is 0 Å². The van der Waals surface area contributed by atoms with Gasteiger partial charge < -0.3 is 10.6 Å². The van der Waals surface area contributed by atoms with E-state index in [1.807, 2.05) is 37.3 Å². The molecule has 0 fully saturated rings. The number of anilines is 1. The van der Waals surface area contributed by atoms with Gasteiger partial charge in [-0.3, -0.25) is 9.59 Å². The number of nitrogens with zero attached hydrogens (tertiary/aromatic N) is 1. The first kappa shape index (κ1) is 13.4. The van der Waals surface area contributed by atoms with Crippen molar-refractivity contribution in [1.29, 1.82) is 0 Å². The Hall–Kier alpha value is -2.62. The molecule has 21 heavy (non-hydrogen) atoms. The first-order valence-electron chi connectivity index (χ1n) is 6.83. The minimum absolute atomic E-state index is 0.0483. The van der Waals surface area contributed by atoms with Gasteiger partial charge in [-0.2, -0.15) is 0 Å². The molecule has 0 aromatic heterocycles. The maximum atomic E-state index is 12.2. The van der Waals surface area contributed by atoms with Crippen molar-refractivity contribution in [3.05, 3.63) is 64.7 Å². The third kappa shape index (κ3) is 2.52. The Balaban J connectivity index is 1.93. The van der Waals surface area contributed by atoms with Crippen LogP contribution in [0.3, 0.4) is 0 Å². The molecule has 4 nitrogen and oxygen atoms in total. The molecule has 2 aromatic rings. The molecule has 2 amide bonds. The molecule has 2 N–H and O–H groups in total. The fraction of sp³-hybridized carbons (Fsp3) is 0.176. The predicted molar refractivity (Wildman–Crippen MR) is 81.0 cm³/mol. The normalized spacial score (nSPS) is 13.4. The summed E-state index contributed by atoms with van der Waals surface area (Å²) < 4.78 is 0. The zero-order chi connectivity index (χ0) is 15.0. The number of amides is 2. The van der Waals surface area contributed by atoms with E-state index in [4.69, 9.17) is 5.73 Å². The first-order valence-corrected chi connectivity index (χ1v) is 6.83. The second-order valence-corrected chi connectivity index (χ2v) is 5.35. The predicted octanol–water partition coefficient (Wildman–Crippen LogP) is 2.18. The zero-order valence-corrected chi connectivity index (χ0v) is 11.8. The molecule has 4 heteroatoms. The SMILES string of the molecule is Cc1ccc(CN2C(=O)Cc3ccc(C(N)=O)cc32)cc1. The molecule has 3 rings (SSSR count). The Morgan fingerprint density at radius 3 is 2.57 bits per heavy atom. The lowest BCUT2D eigenvalue weighted by Gasteiger charge is -2.18. The van der Waals surface area contributed by atoms with Crippen LogP contribution in [-0.2, 0) is 17.8 Å². The van der Waals surface area contributed by atoms with Crippen LogP contribution in [0.4, 0.5) is 5.69 Å². The van der Waals surface area contributed by atoms with Gasteiger partial charge in [0.1, 0.15) is 0 Å². The summed E-state index contributed by atoms with van der Waals surface area (Å²) in [4.78, 5) is 25.2. The number of hydrogen-bond acceptors (Lipinski definition) is 2. The van der Waals surface area contributed by atoms with Gasteiger partial charge in [-0.15, -0.1) is 0 Å². The van der Waals surface area contributed by atoms with Crippen molar-refractivity contribution in [2.75, 3.05) is 4.90 Å². The van der Waals surface area contributed by atoms with E-state index < -0.39 is 5.91 Å². The monoisotopic (exact) mass is 280 g/mol. The molecule has 0 aliphatic carbocycles. The lowest BCUT2D eigenvalue weighted by molar-refractivity contribution is -0.117. The van der Waals surface area contributed by atoms with Gasteiger partial charge in [0.15, 0.2) is 0 Å². The summed E-state index contributed by atoms with van der Waals surface area (Å²) in [6.07, 6.45) is 0.375. The highest BCUT2D eigenvalue weighted by atomic mass is 16.2. The largest absolute Gasteiger partial charge is 0.366 e. The summed E-state index contributed by atoms with van der Waals surface area (Å²) in [6, 6.07) is 13.3. The summed E-state index contributed by atoms with van der Waals surface area (Å²) >= 11 is 0. The molecule has 106 valence electrons. The topological polar surface area (TPSA) is 63.4 Å². The van der Waals surface area contributed by atoms with Crippen LogP contribution in [0, 0.1) is 6.92 Å². The number of benzene rings is 2. The summed E-state index contributed by atoms with van der Waals surface area (Å²) in [5.41, 5.74) is 9.72. The van der Waals surface area contributed by atoms with Crippen LogP contribution >= 0.6 is 0 Å². The molecule has 1 heterocycles. The highest BCUT2D eigenvalue weighted by Gasteiger charge is 2.27. The summed E-state index contributed by atoms with van der Waals surface area (Å²) in [6.45, 7) is 2.54. The van der Waals surface area contributed by atoms with Gasteiger partial charge in [0.2, 0.25) is 11.8 Å². The molecule has 0 saturated heterocycles. The highest BCUT2D eigenvalue weighted by Crippen LogP contribution is 2.31.